The second-order valence-corrected chi connectivity index (χ2v) is 6.20. The van der Waals surface area contributed by atoms with E-state index in [4.69, 9.17) is 4.74 Å². The lowest BCUT2D eigenvalue weighted by atomic mass is 9.93. The van der Waals surface area contributed by atoms with Crippen LogP contribution in [0.2, 0.25) is 0 Å². The average Bonchev–Trinajstić information content (AvgIpc) is 2.96. The molecule has 0 aromatic rings. The second-order valence-electron chi connectivity index (χ2n) is 6.20. The van der Waals surface area contributed by atoms with Crippen LogP contribution in [0.4, 0.5) is 0 Å². The molecule has 1 saturated carbocycles. The van der Waals surface area contributed by atoms with E-state index in [1.165, 1.54) is 77.5 Å². The van der Waals surface area contributed by atoms with Crippen LogP contribution in [0.25, 0.3) is 0 Å². The first-order valence-corrected chi connectivity index (χ1v) is 8.46. The Balaban J connectivity index is 1.46. The zero-order valence-electron chi connectivity index (χ0n) is 12.7. The van der Waals surface area contributed by atoms with Crippen molar-refractivity contribution in [2.75, 3.05) is 32.8 Å². The van der Waals surface area contributed by atoms with Gasteiger partial charge >= 0.3 is 0 Å². The van der Waals surface area contributed by atoms with Gasteiger partial charge in [-0.15, -0.1) is 0 Å². The highest BCUT2D eigenvalue weighted by Gasteiger charge is 2.20. The number of likely N-dealkylation sites (tertiary alicyclic amines) is 1. The zero-order valence-corrected chi connectivity index (χ0v) is 12.7. The largest absolute Gasteiger partial charge is 0.378 e. The molecule has 0 aromatic heterocycles. The molecule has 1 saturated heterocycles. The van der Waals surface area contributed by atoms with Crippen LogP contribution in [0.3, 0.4) is 0 Å². The van der Waals surface area contributed by atoms with Gasteiger partial charge in [-0.05, 0) is 71.0 Å². The van der Waals surface area contributed by atoms with Gasteiger partial charge in [-0.1, -0.05) is 6.92 Å². The standard InChI is InChI=1S/C16H32N2O/c1-2-10-17-15-6-8-16(9-7-15)19-14-5-13-18-11-3-4-12-18/h15-17H,2-14H2,1H3. The summed E-state index contributed by atoms with van der Waals surface area (Å²) >= 11 is 0. The summed E-state index contributed by atoms with van der Waals surface area (Å²) in [5, 5.41) is 3.63. The third kappa shape index (κ3) is 5.80. The van der Waals surface area contributed by atoms with Gasteiger partial charge < -0.3 is 15.0 Å². The van der Waals surface area contributed by atoms with Crippen molar-refractivity contribution in [1.29, 1.82) is 0 Å². The van der Waals surface area contributed by atoms with E-state index in [2.05, 4.69) is 17.1 Å². The second kappa shape index (κ2) is 8.93. The van der Waals surface area contributed by atoms with Crippen molar-refractivity contribution >= 4 is 0 Å². The van der Waals surface area contributed by atoms with Crippen LogP contribution in [-0.4, -0.2) is 49.8 Å². The third-order valence-corrected chi connectivity index (χ3v) is 4.53. The first-order valence-electron chi connectivity index (χ1n) is 8.46. The predicted octanol–water partition coefficient (Wildman–Crippen LogP) is 2.80. The quantitative estimate of drug-likeness (QED) is 0.685. The lowest BCUT2D eigenvalue weighted by molar-refractivity contribution is 0.0186. The Morgan fingerprint density at radius 1 is 1.11 bits per heavy atom. The number of rotatable bonds is 8. The average molecular weight is 268 g/mol. The molecule has 1 N–H and O–H groups in total. The maximum absolute atomic E-state index is 6.04. The summed E-state index contributed by atoms with van der Waals surface area (Å²) in [5.74, 6) is 0. The highest BCUT2D eigenvalue weighted by Crippen LogP contribution is 2.21. The van der Waals surface area contributed by atoms with Gasteiger partial charge in [-0.3, -0.25) is 0 Å². The van der Waals surface area contributed by atoms with Crippen molar-refractivity contribution in [2.24, 2.45) is 0 Å². The third-order valence-electron chi connectivity index (χ3n) is 4.53. The van der Waals surface area contributed by atoms with E-state index in [-0.39, 0.29) is 0 Å². The summed E-state index contributed by atoms with van der Waals surface area (Å²) in [6, 6.07) is 0.754. The van der Waals surface area contributed by atoms with Gasteiger partial charge in [0.1, 0.15) is 0 Å². The number of nitrogens with one attached hydrogen (secondary N) is 1. The van der Waals surface area contributed by atoms with Crippen LogP contribution in [0, 0.1) is 0 Å². The molecule has 0 spiro atoms. The van der Waals surface area contributed by atoms with E-state index in [1.54, 1.807) is 0 Å². The van der Waals surface area contributed by atoms with Crippen molar-refractivity contribution in [3.05, 3.63) is 0 Å². The summed E-state index contributed by atoms with van der Waals surface area (Å²) in [6.45, 7) is 8.25. The molecule has 112 valence electrons. The first kappa shape index (κ1) is 15.3. The summed E-state index contributed by atoms with van der Waals surface area (Å²) in [5.41, 5.74) is 0. The van der Waals surface area contributed by atoms with E-state index in [0.717, 1.165) is 12.6 Å². The summed E-state index contributed by atoms with van der Waals surface area (Å²) in [7, 11) is 0. The van der Waals surface area contributed by atoms with Gasteiger partial charge in [0.2, 0.25) is 0 Å². The Labute approximate surface area is 119 Å². The Hall–Kier alpha value is -0.120. The molecule has 0 atom stereocenters. The van der Waals surface area contributed by atoms with Gasteiger partial charge in [0, 0.05) is 19.2 Å². The monoisotopic (exact) mass is 268 g/mol. The Kier molecular flexibility index (Phi) is 7.18. The minimum atomic E-state index is 0.540. The lowest BCUT2D eigenvalue weighted by Gasteiger charge is -2.29. The van der Waals surface area contributed by atoms with Crippen LogP contribution in [0.15, 0.2) is 0 Å². The molecule has 1 heterocycles. The van der Waals surface area contributed by atoms with E-state index in [0.29, 0.717) is 6.10 Å². The fourth-order valence-electron chi connectivity index (χ4n) is 3.33. The van der Waals surface area contributed by atoms with Gasteiger partial charge in [-0.25, -0.2) is 0 Å². The fraction of sp³-hybridized carbons (Fsp3) is 1.00. The molecular weight excluding hydrogens is 236 g/mol. The molecule has 2 aliphatic rings. The first-order chi connectivity index (χ1) is 9.38. The highest BCUT2D eigenvalue weighted by molar-refractivity contribution is 4.77. The number of ether oxygens (including phenoxy) is 1. The molecule has 19 heavy (non-hydrogen) atoms. The molecule has 3 nitrogen and oxygen atoms in total. The zero-order chi connectivity index (χ0) is 13.3. The van der Waals surface area contributed by atoms with E-state index >= 15 is 0 Å². The smallest absolute Gasteiger partial charge is 0.0576 e. The maximum atomic E-state index is 6.04. The van der Waals surface area contributed by atoms with Crippen molar-refractivity contribution in [2.45, 2.75) is 70.4 Å². The maximum Gasteiger partial charge on any atom is 0.0576 e. The minimum Gasteiger partial charge on any atom is -0.378 e. The number of nitrogens with zero attached hydrogens (tertiary/aromatic N) is 1. The molecule has 0 amide bonds. The SMILES string of the molecule is CCCNC1CCC(OCCCN2CCCC2)CC1. The molecule has 0 radical (unpaired) electrons. The van der Waals surface area contributed by atoms with Crippen LogP contribution >= 0.6 is 0 Å². The van der Waals surface area contributed by atoms with Gasteiger partial charge in [0.05, 0.1) is 6.10 Å². The van der Waals surface area contributed by atoms with Crippen LogP contribution in [-0.2, 0) is 4.74 Å². The van der Waals surface area contributed by atoms with E-state index in [9.17, 15) is 0 Å². The van der Waals surface area contributed by atoms with E-state index in [1.807, 2.05) is 0 Å². The molecule has 3 heteroatoms. The van der Waals surface area contributed by atoms with Crippen LogP contribution in [0.5, 0.6) is 0 Å². The molecule has 0 bridgehead atoms. The Morgan fingerprint density at radius 3 is 2.53 bits per heavy atom. The van der Waals surface area contributed by atoms with Gasteiger partial charge in [0.25, 0.3) is 0 Å². The van der Waals surface area contributed by atoms with Gasteiger partial charge in [0.15, 0.2) is 0 Å². The Morgan fingerprint density at radius 2 is 1.84 bits per heavy atom. The minimum absolute atomic E-state index is 0.540. The van der Waals surface area contributed by atoms with Crippen molar-refractivity contribution in [3.63, 3.8) is 0 Å². The van der Waals surface area contributed by atoms with Crippen LogP contribution < -0.4 is 5.32 Å². The Bertz CT molecular complexity index is 221. The lowest BCUT2D eigenvalue weighted by Crippen LogP contribution is -2.36. The topological polar surface area (TPSA) is 24.5 Å². The molecule has 2 fully saturated rings. The highest BCUT2D eigenvalue weighted by atomic mass is 16.5. The summed E-state index contributed by atoms with van der Waals surface area (Å²) in [4.78, 5) is 2.58. The molecular formula is C16H32N2O. The van der Waals surface area contributed by atoms with E-state index < -0.39 is 0 Å². The van der Waals surface area contributed by atoms with Crippen molar-refractivity contribution < 1.29 is 4.74 Å². The van der Waals surface area contributed by atoms with Crippen LogP contribution in [0.1, 0.15) is 58.3 Å². The van der Waals surface area contributed by atoms with Gasteiger partial charge in [-0.2, -0.15) is 0 Å². The normalized spacial score (nSPS) is 28.9. The molecule has 0 unspecified atom stereocenters. The predicted molar refractivity (Wildman–Crippen MR) is 80.6 cm³/mol. The van der Waals surface area contributed by atoms with Crippen molar-refractivity contribution in [3.8, 4) is 0 Å². The number of hydrogen-bond donors (Lipinski definition) is 1. The number of hydrogen-bond acceptors (Lipinski definition) is 3. The molecule has 1 aliphatic carbocycles. The fourth-order valence-corrected chi connectivity index (χ4v) is 3.33. The summed E-state index contributed by atoms with van der Waals surface area (Å²) < 4.78 is 6.04. The molecule has 0 aromatic carbocycles. The molecule has 1 aliphatic heterocycles. The van der Waals surface area contributed by atoms with Crippen molar-refractivity contribution in [1.82, 2.24) is 10.2 Å². The molecule has 2 rings (SSSR count). The summed E-state index contributed by atoms with van der Waals surface area (Å²) in [6.07, 6.45) is 10.9.